The number of hydrogen-bond acceptors (Lipinski definition) is 4. The summed E-state index contributed by atoms with van der Waals surface area (Å²) >= 11 is 0. The normalized spacial score (nSPS) is 21.0. The van der Waals surface area contributed by atoms with E-state index in [1.807, 2.05) is 6.92 Å². The van der Waals surface area contributed by atoms with E-state index in [0.29, 0.717) is 12.2 Å². The first-order valence-corrected chi connectivity index (χ1v) is 10.6. The van der Waals surface area contributed by atoms with Crippen LogP contribution in [0.5, 0.6) is 5.75 Å². The van der Waals surface area contributed by atoms with Gasteiger partial charge in [-0.3, -0.25) is 14.5 Å². The Hall–Kier alpha value is -4.07. The van der Waals surface area contributed by atoms with Crippen LogP contribution in [0.1, 0.15) is 29.7 Å². The molecule has 0 bridgehead atoms. The van der Waals surface area contributed by atoms with E-state index in [1.54, 1.807) is 18.2 Å². The van der Waals surface area contributed by atoms with Crippen LogP contribution in [0.25, 0.3) is 5.76 Å². The average molecular weight is 465 g/mol. The summed E-state index contributed by atoms with van der Waals surface area (Å²) < 4.78 is 47.9. The average Bonchev–Trinajstić information content (AvgIpc) is 3.31. The van der Waals surface area contributed by atoms with Gasteiger partial charge in [0.05, 0.1) is 17.3 Å². The lowest BCUT2D eigenvalue weighted by Gasteiger charge is -2.25. The minimum Gasteiger partial charge on any atom is -0.507 e. The Balaban J connectivity index is 1.71. The first-order valence-electron chi connectivity index (χ1n) is 10.6. The van der Waals surface area contributed by atoms with Crippen LogP contribution in [0.3, 0.4) is 0 Å². The minimum absolute atomic E-state index is 0.0480. The highest BCUT2D eigenvalue weighted by Crippen LogP contribution is 2.43. The van der Waals surface area contributed by atoms with E-state index in [4.69, 9.17) is 4.74 Å². The van der Waals surface area contributed by atoms with Crippen molar-refractivity contribution in [3.8, 4) is 5.75 Å². The molecule has 3 aromatic rings. The second-order valence-electron chi connectivity index (χ2n) is 8.27. The highest BCUT2D eigenvalue weighted by Gasteiger charge is 2.48. The predicted molar refractivity (Wildman–Crippen MR) is 118 cm³/mol. The van der Waals surface area contributed by atoms with Crippen molar-refractivity contribution in [1.29, 1.82) is 0 Å². The fraction of sp³-hybridized carbons (Fsp3) is 0.154. The van der Waals surface area contributed by atoms with Crippen molar-refractivity contribution in [2.24, 2.45) is 0 Å². The van der Waals surface area contributed by atoms with Crippen molar-refractivity contribution in [2.75, 3.05) is 4.90 Å². The number of aliphatic hydroxyl groups is 1. The van der Waals surface area contributed by atoms with Crippen LogP contribution in [0.4, 0.5) is 18.9 Å². The molecule has 5 nitrogen and oxygen atoms in total. The number of ether oxygens (including phenoxy) is 1. The van der Waals surface area contributed by atoms with E-state index in [0.717, 1.165) is 40.8 Å². The Morgan fingerprint density at radius 1 is 0.971 bits per heavy atom. The number of nitrogens with zero attached hydrogens (tertiary/aromatic N) is 1. The lowest BCUT2D eigenvalue weighted by atomic mass is 9.94. The number of carbonyl (C=O) groups is 2. The number of aliphatic hydroxyl groups excluding tert-OH is 1. The summed E-state index contributed by atoms with van der Waals surface area (Å²) in [7, 11) is 0. The summed E-state index contributed by atoms with van der Waals surface area (Å²) in [6.07, 6.45) is 0.550. The van der Waals surface area contributed by atoms with Crippen LogP contribution in [-0.2, 0) is 16.0 Å². The number of halogens is 3. The Morgan fingerprint density at radius 3 is 2.41 bits per heavy atom. The third kappa shape index (κ3) is 3.51. The fourth-order valence-electron chi connectivity index (χ4n) is 4.44. The second kappa shape index (κ2) is 8.06. The lowest BCUT2D eigenvalue weighted by molar-refractivity contribution is -0.132. The maximum Gasteiger partial charge on any atom is 0.300 e. The van der Waals surface area contributed by atoms with Crippen molar-refractivity contribution in [3.05, 3.63) is 100 Å². The second-order valence-corrected chi connectivity index (χ2v) is 8.27. The molecule has 2 aliphatic rings. The van der Waals surface area contributed by atoms with Gasteiger partial charge in [0.25, 0.3) is 11.7 Å². The Labute approximate surface area is 192 Å². The minimum atomic E-state index is -1.31. The molecule has 2 heterocycles. The van der Waals surface area contributed by atoms with Crippen LogP contribution >= 0.6 is 0 Å². The third-order valence-corrected chi connectivity index (χ3v) is 5.97. The first-order chi connectivity index (χ1) is 16.2. The van der Waals surface area contributed by atoms with E-state index in [2.05, 4.69) is 0 Å². The largest absolute Gasteiger partial charge is 0.507 e. The van der Waals surface area contributed by atoms with Crippen molar-refractivity contribution in [1.82, 2.24) is 0 Å². The van der Waals surface area contributed by atoms with Crippen LogP contribution in [0.15, 0.2) is 66.2 Å². The summed E-state index contributed by atoms with van der Waals surface area (Å²) in [6, 6.07) is 11.0. The summed E-state index contributed by atoms with van der Waals surface area (Å²) in [4.78, 5) is 26.9. The molecule has 8 heteroatoms. The van der Waals surface area contributed by atoms with Gasteiger partial charge < -0.3 is 9.84 Å². The molecule has 0 aromatic heterocycles. The first kappa shape index (κ1) is 21.8. The Kier molecular flexibility index (Phi) is 5.16. The highest BCUT2D eigenvalue weighted by atomic mass is 19.1. The molecule has 2 atom stereocenters. The van der Waals surface area contributed by atoms with Gasteiger partial charge in [0.1, 0.15) is 35.1 Å². The molecule has 5 rings (SSSR count). The van der Waals surface area contributed by atoms with E-state index >= 15 is 0 Å². The van der Waals surface area contributed by atoms with Gasteiger partial charge >= 0.3 is 0 Å². The van der Waals surface area contributed by atoms with Crippen LogP contribution in [0.2, 0.25) is 0 Å². The molecule has 1 fully saturated rings. The number of carbonyl (C=O) groups excluding carboxylic acids is 2. The van der Waals surface area contributed by atoms with E-state index in [9.17, 15) is 27.9 Å². The van der Waals surface area contributed by atoms with Crippen LogP contribution in [-0.4, -0.2) is 22.9 Å². The number of fused-ring (bicyclic) bond motifs is 1. The van der Waals surface area contributed by atoms with Gasteiger partial charge in [0.15, 0.2) is 0 Å². The molecular formula is C26H18F3NO4. The van der Waals surface area contributed by atoms with E-state index < -0.39 is 46.6 Å². The lowest BCUT2D eigenvalue weighted by Crippen LogP contribution is -2.30. The van der Waals surface area contributed by atoms with E-state index in [1.165, 1.54) is 12.1 Å². The Bertz CT molecular complexity index is 1370. The molecule has 172 valence electrons. The number of rotatable bonds is 3. The van der Waals surface area contributed by atoms with Gasteiger partial charge in [0.2, 0.25) is 0 Å². The summed E-state index contributed by atoms with van der Waals surface area (Å²) in [6.45, 7) is 1.90. The molecule has 0 saturated carbocycles. The number of anilines is 1. The summed E-state index contributed by atoms with van der Waals surface area (Å²) in [5.74, 6) is -4.34. The van der Waals surface area contributed by atoms with Crippen LogP contribution < -0.4 is 9.64 Å². The van der Waals surface area contributed by atoms with Gasteiger partial charge in [-0.2, -0.15) is 0 Å². The van der Waals surface area contributed by atoms with Crippen molar-refractivity contribution >= 4 is 23.1 Å². The molecule has 2 aliphatic heterocycles. The maximum absolute atomic E-state index is 14.7. The van der Waals surface area contributed by atoms with Crippen LogP contribution in [0, 0.1) is 17.5 Å². The fourth-order valence-corrected chi connectivity index (χ4v) is 4.44. The zero-order valence-electron chi connectivity index (χ0n) is 17.9. The molecule has 0 aliphatic carbocycles. The van der Waals surface area contributed by atoms with Gasteiger partial charge in [-0.1, -0.05) is 12.1 Å². The predicted octanol–water partition coefficient (Wildman–Crippen LogP) is 5.05. The zero-order chi connectivity index (χ0) is 24.1. The highest BCUT2D eigenvalue weighted by molar-refractivity contribution is 6.51. The molecule has 1 N–H and O–H groups in total. The summed E-state index contributed by atoms with van der Waals surface area (Å²) in [5.41, 5.74) is 0.546. The maximum atomic E-state index is 14.7. The molecule has 3 aromatic carbocycles. The number of ketones is 1. The monoisotopic (exact) mass is 465 g/mol. The SMILES string of the molecule is CC1Cc2cc(/C(O)=C3/C(=O)C(=O)N(c4cc(F)ccc4F)C3c3ccc(F)cc3)ccc2O1. The van der Waals surface area contributed by atoms with Crippen molar-refractivity contribution in [2.45, 2.75) is 25.5 Å². The molecular weight excluding hydrogens is 447 g/mol. The molecule has 0 radical (unpaired) electrons. The summed E-state index contributed by atoms with van der Waals surface area (Å²) in [5, 5.41) is 11.2. The molecule has 1 saturated heterocycles. The van der Waals surface area contributed by atoms with E-state index in [-0.39, 0.29) is 22.8 Å². The molecule has 2 unspecified atom stereocenters. The number of hydrogen-bond donors (Lipinski definition) is 1. The van der Waals surface area contributed by atoms with Gasteiger partial charge in [0, 0.05) is 18.1 Å². The molecule has 1 amide bonds. The number of amides is 1. The molecule has 34 heavy (non-hydrogen) atoms. The Morgan fingerprint density at radius 2 is 1.68 bits per heavy atom. The van der Waals surface area contributed by atoms with Gasteiger partial charge in [-0.25, -0.2) is 13.2 Å². The zero-order valence-corrected chi connectivity index (χ0v) is 17.9. The van der Waals surface area contributed by atoms with Gasteiger partial charge in [-0.05, 0) is 60.5 Å². The van der Waals surface area contributed by atoms with Gasteiger partial charge in [-0.15, -0.1) is 0 Å². The quantitative estimate of drug-likeness (QED) is 0.334. The molecule has 0 spiro atoms. The number of Topliss-reactive ketones (excluding diaryl/α,β-unsaturated/α-hetero) is 1. The topological polar surface area (TPSA) is 66.8 Å². The third-order valence-electron chi connectivity index (χ3n) is 5.97. The standard InChI is InChI=1S/C26H18F3NO4/c1-13-10-16-11-15(4-9-21(16)34-13)24(31)22-23(14-2-5-17(27)6-3-14)30(26(33)25(22)32)20-12-18(28)7-8-19(20)29/h2-9,11-13,23,31H,10H2,1H3/b24-22-. The van der Waals surface area contributed by atoms with Crippen molar-refractivity contribution < 1.29 is 32.6 Å². The van der Waals surface area contributed by atoms with Crippen molar-refractivity contribution in [3.63, 3.8) is 0 Å². The smallest absolute Gasteiger partial charge is 0.300 e. The number of benzene rings is 3.